The maximum Gasteiger partial charge on any atom is 0.311 e. The number of hydrogen-bond acceptors (Lipinski definition) is 3. The standard InChI is InChI=1S/C19H30O3/c1-13-7-10-16-18(3,15(13)9-8-14(2)20)11-6-12-19(16,4)17(21)22-5/h15-16H,1,6-12H2,2-5H3. The van der Waals surface area contributed by atoms with Gasteiger partial charge in [-0.25, -0.2) is 0 Å². The van der Waals surface area contributed by atoms with Crippen LogP contribution in [0.4, 0.5) is 0 Å². The van der Waals surface area contributed by atoms with E-state index in [0.29, 0.717) is 18.3 Å². The van der Waals surface area contributed by atoms with Crippen LogP contribution in [0.3, 0.4) is 0 Å². The highest BCUT2D eigenvalue weighted by molar-refractivity contribution is 5.77. The summed E-state index contributed by atoms with van der Waals surface area (Å²) in [6.45, 7) is 10.3. The molecule has 0 aromatic heterocycles. The van der Waals surface area contributed by atoms with E-state index in [9.17, 15) is 9.59 Å². The summed E-state index contributed by atoms with van der Waals surface area (Å²) in [4.78, 5) is 23.9. The number of ketones is 1. The predicted molar refractivity (Wildman–Crippen MR) is 87.4 cm³/mol. The number of carbonyl (C=O) groups is 2. The highest BCUT2D eigenvalue weighted by Gasteiger charge is 2.57. The van der Waals surface area contributed by atoms with E-state index >= 15 is 0 Å². The maximum absolute atomic E-state index is 12.4. The van der Waals surface area contributed by atoms with Crippen molar-refractivity contribution in [1.29, 1.82) is 0 Å². The topological polar surface area (TPSA) is 43.4 Å². The zero-order valence-corrected chi connectivity index (χ0v) is 14.5. The van der Waals surface area contributed by atoms with Crippen molar-refractivity contribution < 1.29 is 14.3 Å². The Morgan fingerprint density at radius 3 is 2.59 bits per heavy atom. The number of ether oxygens (including phenoxy) is 1. The first-order valence-electron chi connectivity index (χ1n) is 8.51. The molecule has 0 heterocycles. The molecule has 124 valence electrons. The van der Waals surface area contributed by atoms with Gasteiger partial charge in [-0.3, -0.25) is 4.79 Å². The summed E-state index contributed by atoms with van der Waals surface area (Å²) in [6, 6.07) is 0. The Morgan fingerprint density at radius 2 is 2.00 bits per heavy atom. The van der Waals surface area contributed by atoms with Crippen LogP contribution in [0, 0.1) is 22.7 Å². The lowest BCUT2D eigenvalue weighted by Crippen LogP contribution is -2.53. The molecule has 0 amide bonds. The number of rotatable bonds is 4. The molecule has 0 bridgehead atoms. The van der Waals surface area contributed by atoms with Gasteiger partial charge in [0.05, 0.1) is 12.5 Å². The van der Waals surface area contributed by atoms with Crippen molar-refractivity contribution in [2.24, 2.45) is 22.7 Å². The van der Waals surface area contributed by atoms with Gasteiger partial charge in [-0.1, -0.05) is 25.5 Å². The second-order valence-corrected chi connectivity index (χ2v) is 7.81. The number of carbonyl (C=O) groups excluding carboxylic acids is 2. The quantitative estimate of drug-likeness (QED) is 0.574. The average molecular weight is 306 g/mol. The molecule has 4 atom stereocenters. The first-order valence-corrected chi connectivity index (χ1v) is 8.51. The fraction of sp³-hybridized carbons (Fsp3) is 0.789. The zero-order chi connectivity index (χ0) is 16.5. The minimum Gasteiger partial charge on any atom is -0.469 e. The summed E-state index contributed by atoms with van der Waals surface area (Å²) in [7, 11) is 1.49. The van der Waals surface area contributed by atoms with Crippen LogP contribution < -0.4 is 0 Å². The summed E-state index contributed by atoms with van der Waals surface area (Å²) < 4.78 is 5.13. The Labute approximate surface area is 134 Å². The van der Waals surface area contributed by atoms with Crippen molar-refractivity contribution in [3.8, 4) is 0 Å². The van der Waals surface area contributed by atoms with Gasteiger partial charge in [0, 0.05) is 6.42 Å². The largest absolute Gasteiger partial charge is 0.469 e. The number of fused-ring (bicyclic) bond motifs is 1. The summed E-state index contributed by atoms with van der Waals surface area (Å²) in [5.74, 6) is 0.842. The summed E-state index contributed by atoms with van der Waals surface area (Å²) in [5.41, 5.74) is 0.942. The number of hydrogen-bond donors (Lipinski definition) is 0. The molecule has 0 aromatic carbocycles. The molecular formula is C19H30O3. The molecule has 0 spiro atoms. The molecule has 2 fully saturated rings. The monoisotopic (exact) mass is 306 g/mol. The second kappa shape index (κ2) is 6.17. The van der Waals surface area contributed by atoms with Gasteiger partial charge in [0.15, 0.2) is 0 Å². The number of esters is 1. The molecule has 2 aliphatic rings. The van der Waals surface area contributed by atoms with E-state index in [1.807, 2.05) is 0 Å². The van der Waals surface area contributed by atoms with Crippen molar-refractivity contribution in [2.75, 3.05) is 7.11 Å². The van der Waals surface area contributed by atoms with Crippen LogP contribution in [0.1, 0.15) is 65.7 Å². The Hall–Kier alpha value is -1.12. The van der Waals surface area contributed by atoms with E-state index in [2.05, 4.69) is 20.4 Å². The van der Waals surface area contributed by atoms with Crippen LogP contribution in [-0.2, 0) is 14.3 Å². The van der Waals surface area contributed by atoms with E-state index in [4.69, 9.17) is 4.74 Å². The summed E-state index contributed by atoms with van der Waals surface area (Å²) in [6.07, 6.45) is 6.53. The molecule has 4 unspecified atom stereocenters. The second-order valence-electron chi connectivity index (χ2n) is 7.81. The van der Waals surface area contributed by atoms with Crippen molar-refractivity contribution in [3.05, 3.63) is 12.2 Å². The zero-order valence-electron chi connectivity index (χ0n) is 14.5. The van der Waals surface area contributed by atoms with E-state index in [0.717, 1.165) is 38.5 Å². The summed E-state index contributed by atoms with van der Waals surface area (Å²) >= 11 is 0. The van der Waals surface area contributed by atoms with Gasteiger partial charge < -0.3 is 9.53 Å². The smallest absolute Gasteiger partial charge is 0.311 e. The van der Waals surface area contributed by atoms with Crippen molar-refractivity contribution in [3.63, 3.8) is 0 Å². The molecule has 2 aliphatic carbocycles. The van der Waals surface area contributed by atoms with Crippen molar-refractivity contribution in [1.82, 2.24) is 0 Å². The molecule has 22 heavy (non-hydrogen) atoms. The molecule has 2 saturated carbocycles. The maximum atomic E-state index is 12.4. The van der Waals surface area contributed by atoms with Crippen molar-refractivity contribution >= 4 is 11.8 Å². The highest BCUT2D eigenvalue weighted by Crippen LogP contribution is 2.62. The average Bonchev–Trinajstić information content (AvgIpc) is 2.44. The molecular weight excluding hydrogens is 276 g/mol. The van der Waals surface area contributed by atoms with Crippen LogP contribution in [0.5, 0.6) is 0 Å². The Morgan fingerprint density at radius 1 is 1.32 bits per heavy atom. The van der Waals surface area contributed by atoms with E-state index < -0.39 is 5.41 Å². The third kappa shape index (κ3) is 2.75. The molecule has 2 rings (SSSR count). The molecule has 0 aromatic rings. The minimum atomic E-state index is -0.392. The summed E-state index contributed by atoms with van der Waals surface area (Å²) in [5, 5.41) is 0. The van der Waals surface area contributed by atoms with Gasteiger partial charge >= 0.3 is 5.97 Å². The first kappa shape index (κ1) is 17.2. The lowest BCUT2D eigenvalue weighted by atomic mass is 9.46. The number of Topliss-reactive ketones (excluding diaryl/α,β-unsaturated/α-hetero) is 1. The molecule has 3 heteroatoms. The third-order valence-corrected chi connectivity index (χ3v) is 6.46. The minimum absolute atomic E-state index is 0.0615. The first-order chi connectivity index (χ1) is 10.3. The van der Waals surface area contributed by atoms with Gasteiger partial charge in [-0.05, 0) is 63.2 Å². The van der Waals surface area contributed by atoms with Gasteiger partial charge in [-0.2, -0.15) is 0 Å². The van der Waals surface area contributed by atoms with E-state index in [1.165, 1.54) is 12.7 Å². The van der Waals surface area contributed by atoms with Gasteiger partial charge in [0.1, 0.15) is 5.78 Å². The predicted octanol–water partition coefficient (Wildman–Crippen LogP) is 4.31. The van der Waals surface area contributed by atoms with E-state index in [-0.39, 0.29) is 17.2 Å². The van der Waals surface area contributed by atoms with Gasteiger partial charge in [0.2, 0.25) is 0 Å². The fourth-order valence-electron chi connectivity index (χ4n) is 5.31. The number of methoxy groups -OCH3 is 1. The SMILES string of the molecule is C=C1CCC2C(C)(C(=O)OC)CCCC2(C)C1CCC(C)=O. The normalized spacial score (nSPS) is 38.3. The van der Waals surface area contributed by atoms with Crippen LogP contribution in [0.15, 0.2) is 12.2 Å². The van der Waals surface area contributed by atoms with Gasteiger partial charge in [0.25, 0.3) is 0 Å². The van der Waals surface area contributed by atoms with Gasteiger partial charge in [-0.15, -0.1) is 0 Å². The Kier molecular flexibility index (Phi) is 4.84. The molecule has 3 nitrogen and oxygen atoms in total. The van der Waals surface area contributed by atoms with Crippen molar-refractivity contribution in [2.45, 2.75) is 65.7 Å². The van der Waals surface area contributed by atoms with E-state index in [1.54, 1.807) is 6.92 Å². The Bertz CT molecular complexity index is 481. The number of allylic oxidation sites excluding steroid dienone is 1. The molecule has 0 aliphatic heterocycles. The van der Waals surface area contributed by atoms with Crippen LogP contribution in [0.25, 0.3) is 0 Å². The lowest BCUT2D eigenvalue weighted by Gasteiger charge is -2.57. The third-order valence-electron chi connectivity index (χ3n) is 6.46. The highest BCUT2D eigenvalue weighted by atomic mass is 16.5. The molecule has 0 saturated heterocycles. The fourth-order valence-corrected chi connectivity index (χ4v) is 5.31. The van der Waals surface area contributed by atoms with Crippen LogP contribution in [0.2, 0.25) is 0 Å². The van der Waals surface area contributed by atoms with Crippen LogP contribution >= 0.6 is 0 Å². The Balaban J connectivity index is 2.33. The lowest BCUT2D eigenvalue weighted by molar-refractivity contribution is -0.168. The molecule has 0 radical (unpaired) electrons. The molecule has 0 N–H and O–H groups in total. The van der Waals surface area contributed by atoms with Crippen LogP contribution in [-0.4, -0.2) is 18.9 Å².